The summed E-state index contributed by atoms with van der Waals surface area (Å²) in [5.74, 6) is 0. The van der Waals surface area contributed by atoms with E-state index in [9.17, 15) is 19.4 Å². The van der Waals surface area contributed by atoms with E-state index < -0.39 is 36.4 Å². The van der Waals surface area contributed by atoms with Gasteiger partial charge in [-0.2, -0.15) is 4.98 Å². The van der Waals surface area contributed by atoms with Crippen LogP contribution in [0.15, 0.2) is 17.1 Å². The smallest absolute Gasteiger partial charge is 0.349 e. The van der Waals surface area contributed by atoms with Crippen LogP contribution < -0.4 is 5.69 Å². The molecule has 19 heavy (non-hydrogen) atoms. The van der Waals surface area contributed by atoms with Gasteiger partial charge in [0.15, 0.2) is 12.4 Å². The van der Waals surface area contributed by atoms with E-state index in [1.807, 2.05) is 0 Å². The zero-order valence-corrected chi connectivity index (χ0v) is 10.8. The maximum atomic E-state index is 14.1. The highest BCUT2D eigenvalue weighted by atomic mass is 19.1. The standard InChI is InChI=1S/C12H17FN2O4/c1-3-12(6-16)9(17)8(13)10(19-12)15-5-4-7(2)14-11(15)18/h4-5,8-10,16-17H,3,6H2,1-2H3. The lowest BCUT2D eigenvalue weighted by molar-refractivity contribution is -0.130. The van der Waals surface area contributed by atoms with Crippen LogP contribution in [0.2, 0.25) is 0 Å². The number of alkyl halides is 1. The van der Waals surface area contributed by atoms with E-state index in [1.165, 1.54) is 6.20 Å². The molecule has 6 nitrogen and oxygen atoms in total. The quantitative estimate of drug-likeness (QED) is 0.804. The predicted octanol–water partition coefficient (Wildman–Crippen LogP) is -0.0794. The number of rotatable bonds is 3. The van der Waals surface area contributed by atoms with Gasteiger partial charge in [0.05, 0.1) is 6.61 Å². The van der Waals surface area contributed by atoms with Crippen LogP contribution in [0.1, 0.15) is 25.3 Å². The fraction of sp³-hybridized carbons (Fsp3) is 0.667. The SMILES string of the molecule is CCC1(CO)OC(n2ccc(C)nc2=O)C(F)C1O. The van der Waals surface area contributed by atoms with Gasteiger partial charge in [-0.15, -0.1) is 0 Å². The molecular weight excluding hydrogens is 255 g/mol. The highest BCUT2D eigenvalue weighted by Crippen LogP contribution is 2.40. The maximum absolute atomic E-state index is 14.1. The Bertz CT molecular complexity index is 515. The summed E-state index contributed by atoms with van der Waals surface area (Å²) in [6, 6.07) is 1.55. The topological polar surface area (TPSA) is 84.6 Å². The second-order valence-corrected chi connectivity index (χ2v) is 4.73. The minimum Gasteiger partial charge on any atom is -0.393 e. The van der Waals surface area contributed by atoms with Crippen LogP contribution in [-0.2, 0) is 4.74 Å². The molecule has 0 radical (unpaired) electrons. The third kappa shape index (κ3) is 2.18. The normalized spacial score (nSPS) is 34.7. The molecule has 2 heterocycles. The Balaban J connectivity index is 2.39. The maximum Gasteiger partial charge on any atom is 0.349 e. The van der Waals surface area contributed by atoms with Crippen molar-refractivity contribution in [2.75, 3.05) is 6.61 Å². The fourth-order valence-corrected chi connectivity index (χ4v) is 2.26. The number of hydrogen-bond acceptors (Lipinski definition) is 5. The van der Waals surface area contributed by atoms with Crippen molar-refractivity contribution in [3.63, 3.8) is 0 Å². The van der Waals surface area contributed by atoms with Crippen LogP contribution >= 0.6 is 0 Å². The minimum atomic E-state index is -1.80. The third-order valence-electron chi connectivity index (χ3n) is 3.58. The van der Waals surface area contributed by atoms with Gasteiger partial charge in [0.2, 0.25) is 0 Å². The van der Waals surface area contributed by atoms with Crippen molar-refractivity contribution >= 4 is 0 Å². The molecule has 0 saturated carbocycles. The van der Waals surface area contributed by atoms with Crippen molar-refractivity contribution in [3.05, 3.63) is 28.4 Å². The minimum absolute atomic E-state index is 0.232. The Labute approximate surface area is 109 Å². The molecule has 0 aromatic carbocycles. The zero-order chi connectivity index (χ0) is 14.2. The summed E-state index contributed by atoms with van der Waals surface area (Å²) in [4.78, 5) is 15.4. The van der Waals surface area contributed by atoms with Crippen LogP contribution in [0.25, 0.3) is 0 Å². The van der Waals surface area contributed by atoms with E-state index in [4.69, 9.17) is 4.74 Å². The van der Waals surface area contributed by atoms with E-state index in [-0.39, 0.29) is 6.42 Å². The molecule has 1 aliphatic heterocycles. The second-order valence-electron chi connectivity index (χ2n) is 4.73. The van der Waals surface area contributed by atoms with Crippen molar-refractivity contribution in [1.29, 1.82) is 0 Å². The molecule has 1 saturated heterocycles. The molecule has 0 bridgehead atoms. The first-order chi connectivity index (χ1) is 8.95. The van der Waals surface area contributed by atoms with Gasteiger partial charge in [0.25, 0.3) is 0 Å². The Hall–Kier alpha value is -1.31. The first-order valence-corrected chi connectivity index (χ1v) is 6.12. The van der Waals surface area contributed by atoms with Crippen LogP contribution in [-0.4, -0.2) is 44.2 Å². The molecule has 0 amide bonds. The van der Waals surface area contributed by atoms with Crippen LogP contribution in [0, 0.1) is 6.92 Å². The molecule has 1 fully saturated rings. The fourth-order valence-electron chi connectivity index (χ4n) is 2.26. The van der Waals surface area contributed by atoms with E-state index in [0.717, 1.165) is 4.57 Å². The predicted molar refractivity (Wildman–Crippen MR) is 64.4 cm³/mol. The number of aliphatic hydroxyl groups excluding tert-OH is 2. The van der Waals surface area contributed by atoms with Gasteiger partial charge in [-0.25, -0.2) is 9.18 Å². The van der Waals surface area contributed by atoms with Gasteiger partial charge >= 0.3 is 5.69 Å². The molecule has 2 N–H and O–H groups in total. The lowest BCUT2D eigenvalue weighted by atomic mass is 9.94. The molecule has 7 heteroatoms. The molecule has 4 unspecified atom stereocenters. The number of hydrogen-bond donors (Lipinski definition) is 2. The monoisotopic (exact) mass is 272 g/mol. The van der Waals surface area contributed by atoms with Crippen molar-refractivity contribution in [3.8, 4) is 0 Å². The van der Waals surface area contributed by atoms with Gasteiger partial charge in [-0.05, 0) is 19.4 Å². The molecule has 0 spiro atoms. The van der Waals surface area contributed by atoms with Crippen molar-refractivity contribution in [2.24, 2.45) is 0 Å². The van der Waals surface area contributed by atoms with E-state index in [0.29, 0.717) is 5.69 Å². The highest BCUT2D eigenvalue weighted by Gasteiger charge is 2.54. The average molecular weight is 272 g/mol. The molecule has 2 rings (SSSR count). The zero-order valence-electron chi connectivity index (χ0n) is 10.8. The highest BCUT2D eigenvalue weighted by molar-refractivity contribution is 5.03. The largest absolute Gasteiger partial charge is 0.393 e. The number of aliphatic hydroxyl groups is 2. The molecule has 1 aromatic heterocycles. The Morgan fingerprint density at radius 1 is 1.63 bits per heavy atom. The van der Waals surface area contributed by atoms with Crippen LogP contribution in [0.4, 0.5) is 4.39 Å². The molecule has 106 valence electrons. The van der Waals surface area contributed by atoms with E-state index in [1.54, 1.807) is 19.9 Å². The molecule has 1 aromatic rings. The number of aromatic nitrogens is 2. The third-order valence-corrected chi connectivity index (χ3v) is 3.58. The van der Waals surface area contributed by atoms with Crippen LogP contribution in [0.3, 0.4) is 0 Å². The summed E-state index contributed by atoms with van der Waals surface area (Å²) in [6.07, 6.45) is -2.95. The van der Waals surface area contributed by atoms with Gasteiger partial charge in [-0.1, -0.05) is 6.92 Å². The van der Waals surface area contributed by atoms with Crippen molar-refractivity contribution in [2.45, 2.75) is 44.4 Å². The Kier molecular flexibility index (Phi) is 3.71. The van der Waals surface area contributed by atoms with Gasteiger partial charge in [0, 0.05) is 11.9 Å². The van der Waals surface area contributed by atoms with Gasteiger partial charge in [0.1, 0.15) is 11.7 Å². The summed E-state index contributed by atoms with van der Waals surface area (Å²) >= 11 is 0. The molecule has 1 aliphatic rings. The number of ether oxygens (including phenoxy) is 1. The summed E-state index contributed by atoms with van der Waals surface area (Å²) in [5.41, 5.74) is -1.52. The van der Waals surface area contributed by atoms with Crippen molar-refractivity contribution in [1.82, 2.24) is 9.55 Å². The molecule has 0 aliphatic carbocycles. The Morgan fingerprint density at radius 3 is 2.79 bits per heavy atom. The first kappa shape index (κ1) is 14.1. The van der Waals surface area contributed by atoms with E-state index >= 15 is 0 Å². The van der Waals surface area contributed by atoms with Crippen molar-refractivity contribution < 1.29 is 19.3 Å². The average Bonchev–Trinajstić information content (AvgIpc) is 2.64. The summed E-state index contributed by atoms with van der Waals surface area (Å²) in [5, 5.41) is 19.2. The number of nitrogens with zero attached hydrogens (tertiary/aromatic N) is 2. The lowest BCUT2D eigenvalue weighted by Gasteiger charge is -2.28. The number of aryl methyl sites for hydroxylation is 1. The molecular formula is C12H17FN2O4. The number of halogens is 1. The lowest BCUT2D eigenvalue weighted by Crippen LogP contribution is -2.44. The van der Waals surface area contributed by atoms with Gasteiger partial charge in [-0.3, -0.25) is 4.57 Å². The molecule has 4 atom stereocenters. The summed E-state index contributed by atoms with van der Waals surface area (Å²) < 4.78 is 20.6. The summed E-state index contributed by atoms with van der Waals surface area (Å²) in [6.45, 7) is 2.80. The van der Waals surface area contributed by atoms with E-state index in [2.05, 4.69) is 4.98 Å². The Morgan fingerprint density at radius 2 is 2.32 bits per heavy atom. The summed E-state index contributed by atoms with van der Waals surface area (Å²) in [7, 11) is 0. The second kappa shape index (κ2) is 4.99. The van der Waals surface area contributed by atoms with Gasteiger partial charge < -0.3 is 14.9 Å². The van der Waals surface area contributed by atoms with Crippen LogP contribution in [0.5, 0.6) is 0 Å². The first-order valence-electron chi connectivity index (χ1n) is 6.12.